The molecule has 2 aliphatic carbocycles. The van der Waals surface area contributed by atoms with Gasteiger partial charge in [0.2, 0.25) is 21.8 Å². The molecule has 16 heteroatoms. The van der Waals surface area contributed by atoms with E-state index in [9.17, 15) is 27.6 Å². The van der Waals surface area contributed by atoms with Gasteiger partial charge in [-0.1, -0.05) is 38.4 Å². The number of carbonyl (C=O) groups excluding carboxylic acids is 4. The number of nitrogens with zero attached hydrogens (tertiary/aromatic N) is 3. The predicted octanol–water partition coefficient (Wildman–Crippen LogP) is 3.94. The summed E-state index contributed by atoms with van der Waals surface area (Å²) in [7, 11) is -2.99. The number of likely N-dealkylation sites (tertiary alicyclic amines) is 1. The minimum Gasteiger partial charge on any atom is -0.494 e. The first-order chi connectivity index (χ1) is 23.6. The molecule has 2 aromatic rings. The molecule has 4 amide bonds. The number of amides is 4. The number of aromatic nitrogens is 1. The molecule has 0 unspecified atom stereocenters. The van der Waals surface area contributed by atoms with Crippen molar-refractivity contribution in [2.75, 3.05) is 13.7 Å². The average Bonchev–Trinajstić information content (AvgIpc) is 3.95. The fraction of sp³-hybridized carbons (Fsp3) is 0.571. The van der Waals surface area contributed by atoms with Crippen molar-refractivity contribution in [3.63, 3.8) is 0 Å². The van der Waals surface area contributed by atoms with Gasteiger partial charge in [0.1, 0.15) is 35.1 Å². The van der Waals surface area contributed by atoms with E-state index in [2.05, 4.69) is 16.9 Å². The molecule has 1 aromatic carbocycles. The van der Waals surface area contributed by atoms with Crippen molar-refractivity contribution in [1.29, 1.82) is 0 Å². The summed E-state index contributed by atoms with van der Waals surface area (Å²) in [5.74, 6) is -2.85. The van der Waals surface area contributed by atoms with Gasteiger partial charge in [0, 0.05) is 28.1 Å². The van der Waals surface area contributed by atoms with Gasteiger partial charge in [-0.25, -0.2) is 18.2 Å². The summed E-state index contributed by atoms with van der Waals surface area (Å²) in [5.41, 5.74) is 2.92. The first-order valence-corrected chi connectivity index (χ1v) is 18.6. The van der Waals surface area contributed by atoms with Crippen molar-refractivity contribution >= 4 is 56.2 Å². The Morgan fingerprint density at radius 3 is 2.37 bits per heavy atom. The summed E-state index contributed by atoms with van der Waals surface area (Å²) in [6.45, 7) is 13.7. The lowest BCUT2D eigenvalue weighted by molar-refractivity contribution is -0.148. The monoisotopic (exact) mass is 747 g/mol. The van der Waals surface area contributed by atoms with Crippen molar-refractivity contribution in [3.8, 4) is 11.6 Å². The van der Waals surface area contributed by atoms with E-state index in [0.717, 1.165) is 4.90 Å². The number of methoxy groups -OCH3 is 1. The van der Waals surface area contributed by atoms with Crippen molar-refractivity contribution in [1.82, 2.24) is 19.5 Å². The van der Waals surface area contributed by atoms with Crippen LogP contribution in [-0.2, 0) is 29.1 Å². The zero-order valence-corrected chi connectivity index (χ0v) is 31.5. The van der Waals surface area contributed by atoms with E-state index in [4.69, 9.17) is 31.5 Å². The summed E-state index contributed by atoms with van der Waals surface area (Å²) >= 11 is 6.31. The maximum absolute atomic E-state index is 14.6. The Hall–Kier alpha value is -3.95. The number of pyridine rings is 1. The Morgan fingerprint density at radius 1 is 1.16 bits per heavy atom. The molecule has 1 aromatic heterocycles. The van der Waals surface area contributed by atoms with Crippen LogP contribution in [0.1, 0.15) is 67.2 Å². The Morgan fingerprint density at radius 2 is 1.82 bits per heavy atom. The number of sulfonamides is 1. The second-order valence-corrected chi connectivity index (χ2v) is 18.0. The Kier molecular flexibility index (Phi) is 10.2. The molecule has 0 spiro atoms. The van der Waals surface area contributed by atoms with Crippen LogP contribution in [0.3, 0.4) is 0 Å². The summed E-state index contributed by atoms with van der Waals surface area (Å²) in [4.78, 5) is 61.6. The number of nitrogens with one attached hydrogen (secondary N) is 1. The largest absolute Gasteiger partial charge is 0.494 e. The second-order valence-electron chi connectivity index (χ2n) is 15.5. The SMILES string of the molecule is C=C[C@@H]1C[C@]1(N)C(=O)N(C(=O)[C@@H]1C[C@H](Oc2ncc(OC)c3ccc(Cl)cc23)CN1C(=O)[C@@H](NC(=O)OC(C)(C)C)C(C)(C)C)S(=O)(=O)C1CC1. The third kappa shape index (κ3) is 7.80. The van der Waals surface area contributed by atoms with Crippen molar-refractivity contribution < 1.29 is 41.8 Å². The van der Waals surface area contributed by atoms with Crippen molar-refractivity contribution in [2.45, 2.75) is 102 Å². The van der Waals surface area contributed by atoms with E-state index in [-0.39, 0.29) is 42.4 Å². The Bertz CT molecular complexity index is 1870. The summed E-state index contributed by atoms with van der Waals surface area (Å²) in [6, 6.07) is 2.32. The van der Waals surface area contributed by atoms with Crippen molar-refractivity contribution in [3.05, 3.63) is 42.1 Å². The number of benzene rings is 1. The van der Waals surface area contributed by atoms with Gasteiger partial charge < -0.3 is 30.2 Å². The van der Waals surface area contributed by atoms with Gasteiger partial charge >= 0.3 is 6.09 Å². The molecule has 5 atom stereocenters. The third-order valence-corrected chi connectivity index (χ3v) is 11.6. The molecular formula is C35H46ClN5O9S. The highest BCUT2D eigenvalue weighted by Crippen LogP contribution is 2.45. The maximum atomic E-state index is 14.6. The number of hydrogen-bond donors (Lipinski definition) is 2. The van der Waals surface area contributed by atoms with E-state index in [1.165, 1.54) is 19.4 Å². The van der Waals surface area contributed by atoms with E-state index in [0.29, 0.717) is 21.5 Å². The lowest BCUT2D eigenvalue weighted by Gasteiger charge is -2.36. The van der Waals surface area contributed by atoms with Gasteiger partial charge in [-0.05, 0) is 63.6 Å². The summed E-state index contributed by atoms with van der Waals surface area (Å²) in [6.07, 6.45) is 1.58. The number of alkyl carbamates (subject to hydrolysis) is 1. The van der Waals surface area contributed by atoms with Crippen LogP contribution in [0.15, 0.2) is 37.1 Å². The molecule has 14 nitrogen and oxygen atoms in total. The molecule has 3 fully saturated rings. The molecule has 51 heavy (non-hydrogen) atoms. The van der Waals surface area contributed by atoms with Gasteiger partial charge in [0.05, 0.1) is 25.1 Å². The zero-order valence-electron chi connectivity index (χ0n) is 29.9. The molecular weight excluding hydrogens is 702 g/mol. The van der Waals surface area contributed by atoms with Crippen LogP contribution < -0.4 is 20.5 Å². The first-order valence-electron chi connectivity index (χ1n) is 16.7. The zero-order chi connectivity index (χ0) is 37.8. The molecule has 5 rings (SSSR count). The van der Waals surface area contributed by atoms with Crippen LogP contribution in [-0.4, -0.2) is 94.7 Å². The molecule has 2 heterocycles. The minimum absolute atomic E-state index is 0.114. The van der Waals surface area contributed by atoms with Gasteiger partial charge in [-0.15, -0.1) is 6.58 Å². The molecule has 278 valence electrons. The third-order valence-electron chi connectivity index (χ3n) is 9.21. The van der Waals surface area contributed by atoms with E-state index < -0.39 is 79.7 Å². The molecule has 3 aliphatic rings. The van der Waals surface area contributed by atoms with E-state index >= 15 is 0 Å². The number of halogens is 1. The highest BCUT2D eigenvalue weighted by Gasteiger charge is 2.62. The van der Waals surface area contributed by atoms with Crippen LogP contribution in [0.2, 0.25) is 5.02 Å². The summed E-state index contributed by atoms with van der Waals surface area (Å²) < 4.78 is 45.1. The highest BCUT2D eigenvalue weighted by molar-refractivity contribution is 7.91. The topological polar surface area (TPSA) is 188 Å². The second kappa shape index (κ2) is 13.6. The van der Waals surface area contributed by atoms with Gasteiger partial charge in [0.15, 0.2) is 0 Å². The van der Waals surface area contributed by atoms with Crippen LogP contribution in [0.25, 0.3) is 10.8 Å². The van der Waals surface area contributed by atoms with Crippen LogP contribution >= 0.6 is 11.6 Å². The van der Waals surface area contributed by atoms with Gasteiger partial charge in [-0.3, -0.25) is 14.4 Å². The minimum atomic E-state index is -4.48. The first kappa shape index (κ1) is 38.3. The fourth-order valence-electron chi connectivity index (χ4n) is 6.20. The summed E-state index contributed by atoms with van der Waals surface area (Å²) in [5, 5.41) is 3.23. The Labute approximate surface area is 303 Å². The smallest absolute Gasteiger partial charge is 0.408 e. The molecule has 1 saturated heterocycles. The quantitative estimate of drug-likeness (QED) is 0.265. The Balaban J connectivity index is 1.56. The fourth-order valence-corrected chi connectivity index (χ4v) is 8.18. The van der Waals surface area contributed by atoms with Gasteiger partial charge in [-0.2, -0.15) is 4.31 Å². The number of ether oxygens (including phenoxy) is 3. The highest BCUT2D eigenvalue weighted by atomic mass is 35.5. The molecule has 0 radical (unpaired) electrons. The normalized spacial score (nSPS) is 24.0. The average molecular weight is 748 g/mol. The van der Waals surface area contributed by atoms with Crippen molar-refractivity contribution in [2.24, 2.45) is 17.1 Å². The number of fused-ring (bicyclic) bond motifs is 1. The molecule has 1 aliphatic heterocycles. The standard InChI is InChI=1S/C35H46ClN5O9S/c1-9-19-16-35(19,37)31(44)41(51(46,47)22-11-12-22)29(42)25-15-21(49-28-24-14-20(36)10-13-23(24)26(48-8)17-38-28)18-40(25)30(43)27(33(2,3)4)39-32(45)50-34(5,6)7/h9-10,13-14,17,19,21-22,25,27H,1,11-12,15-16,18,37H2,2-8H3,(H,39,45)/t19-,21+,25+,27-,35-/m1/s1. The van der Waals surface area contributed by atoms with Gasteiger partial charge in [0.25, 0.3) is 11.8 Å². The molecule has 3 N–H and O–H groups in total. The number of imide groups is 1. The lowest BCUT2D eigenvalue weighted by atomic mass is 9.85. The van der Waals surface area contributed by atoms with E-state index in [1.807, 2.05) is 0 Å². The van der Waals surface area contributed by atoms with E-state index in [1.54, 1.807) is 59.7 Å². The van der Waals surface area contributed by atoms with Crippen LogP contribution in [0, 0.1) is 11.3 Å². The number of nitrogens with two attached hydrogens (primary N) is 1. The number of hydrogen-bond acceptors (Lipinski definition) is 11. The number of rotatable bonds is 10. The van der Waals surface area contributed by atoms with Crippen LogP contribution in [0.4, 0.5) is 4.79 Å². The molecule has 2 saturated carbocycles. The maximum Gasteiger partial charge on any atom is 0.408 e. The van der Waals surface area contributed by atoms with Crippen LogP contribution in [0.5, 0.6) is 11.6 Å². The molecule has 0 bridgehead atoms. The predicted molar refractivity (Wildman–Crippen MR) is 189 cm³/mol. The lowest BCUT2D eigenvalue weighted by Crippen LogP contribution is -2.61. The number of carbonyl (C=O) groups is 4.